The van der Waals surface area contributed by atoms with Crippen LogP contribution in [0.2, 0.25) is 0 Å². The normalized spacial score (nSPS) is 12.5. The molecule has 0 bridgehead atoms. The van der Waals surface area contributed by atoms with Gasteiger partial charge in [-0.2, -0.15) is 5.10 Å². The number of aromatic nitrogens is 2. The lowest BCUT2D eigenvalue weighted by atomic mass is 10.2. The first kappa shape index (κ1) is 9.92. The Kier molecular flexibility index (Phi) is 3.64. The Bertz CT molecular complexity index is 244. The molecule has 0 aliphatic rings. The van der Waals surface area contributed by atoms with Gasteiger partial charge in [-0.1, -0.05) is 6.92 Å². The molecule has 0 saturated carbocycles. The maximum Gasteiger partial charge on any atom is 0.148 e. The van der Waals surface area contributed by atoms with Crippen molar-refractivity contribution in [2.24, 2.45) is 11.7 Å². The summed E-state index contributed by atoms with van der Waals surface area (Å²) >= 11 is 0. The molecule has 0 spiro atoms. The van der Waals surface area contributed by atoms with E-state index in [-0.39, 0.29) is 0 Å². The van der Waals surface area contributed by atoms with Crippen LogP contribution >= 0.6 is 0 Å². The summed E-state index contributed by atoms with van der Waals surface area (Å²) in [4.78, 5) is 0. The Morgan fingerprint density at radius 2 is 2.23 bits per heavy atom. The molecule has 72 valence electrons. The molecule has 1 unspecified atom stereocenters. The van der Waals surface area contributed by atoms with Crippen LogP contribution < -0.4 is 11.1 Å². The SMILES string of the molecule is Cc1ccc(NCC(C)CN)nn1. The van der Waals surface area contributed by atoms with E-state index in [1.807, 2.05) is 19.1 Å². The molecule has 1 aromatic heterocycles. The zero-order valence-electron chi connectivity index (χ0n) is 8.12. The topological polar surface area (TPSA) is 63.8 Å². The van der Waals surface area contributed by atoms with Crippen LogP contribution in [0.4, 0.5) is 5.82 Å². The zero-order chi connectivity index (χ0) is 9.68. The largest absolute Gasteiger partial charge is 0.368 e. The monoisotopic (exact) mass is 180 g/mol. The number of nitrogens with two attached hydrogens (primary N) is 1. The summed E-state index contributed by atoms with van der Waals surface area (Å²) in [6.07, 6.45) is 0. The van der Waals surface area contributed by atoms with Crippen molar-refractivity contribution in [3.8, 4) is 0 Å². The van der Waals surface area contributed by atoms with Crippen LogP contribution in [0.5, 0.6) is 0 Å². The van der Waals surface area contributed by atoms with Crippen LogP contribution in [0.3, 0.4) is 0 Å². The van der Waals surface area contributed by atoms with Crippen LogP contribution in [-0.4, -0.2) is 23.3 Å². The Hall–Kier alpha value is -1.16. The van der Waals surface area contributed by atoms with Gasteiger partial charge in [-0.05, 0) is 31.5 Å². The Labute approximate surface area is 78.6 Å². The number of nitrogens with one attached hydrogen (secondary N) is 1. The van der Waals surface area contributed by atoms with E-state index in [0.29, 0.717) is 12.5 Å². The summed E-state index contributed by atoms with van der Waals surface area (Å²) in [5, 5.41) is 11.1. The Morgan fingerprint density at radius 1 is 1.46 bits per heavy atom. The number of hydrogen-bond acceptors (Lipinski definition) is 4. The van der Waals surface area contributed by atoms with E-state index < -0.39 is 0 Å². The third-order valence-corrected chi connectivity index (χ3v) is 1.83. The molecule has 0 fully saturated rings. The summed E-state index contributed by atoms with van der Waals surface area (Å²) in [5.74, 6) is 1.27. The van der Waals surface area contributed by atoms with Gasteiger partial charge in [0, 0.05) is 6.54 Å². The van der Waals surface area contributed by atoms with Crippen molar-refractivity contribution in [3.63, 3.8) is 0 Å². The first-order chi connectivity index (χ1) is 6.22. The maximum atomic E-state index is 5.48. The van der Waals surface area contributed by atoms with Crippen molar-refractivity contribution < 1.29 is 0 Å². The third kappa shape index (κ3) is 3.38. The standard InChI is InChI=1S/C9H16N4/c1-7(5-10)6-11-9-4-3-8(2)12-13-9/h3-4,7H,5-6,10H2,1-2H3,(H,11,13). The highest BCUT2D eigenvalue weighted by molar-refractivity contribution is 5.32. The van der Waals surface area contributed by atoms with Crippen LogP contribution in [-0.2, 0) is 0 Å². The summed E-state index contributed by atoms with van der Waals surface area (Å²) in [6, 6.07) is 3.86. The predicted octanol–water partition coefficient (Wildman–Crippen LogP) is 0.792. The number of rotatable bonds is 4. The number of aryl methyl sites for hydroxylation is 1. The van der Waals surface area contributed by atoms with E-state index in [1.54, 1.807) is 0 Å². The van der Waals surface area contributed by atoms with Gasteiger partial charge in [0.1, 0.15) is 5.82 Å². The van der Waals surface area contributed by atoms with Crippen LogP contribution in [0.25, 0.3) is 0 Å². The van der Waals surface area contributed by atoms with E-state index in [2.05, 4.69) is 22.4 Å². The minimum Gasteiger partial charge on any atom is -0.368 e. The Morgan fingerprint density at radius 3 is 2.77 bits per heavy atom. The van der Waals surface area contributed by atoms with E-state index in [4.69, 9.17) is 5.73 Å². The predicted molar refractivity (Wildman–Crippen MR) is 53.5 cm³/mol. The molecular formula is C9H16N4. The lowest BCUT2D eigenvalue weighted by Crippen LogP contribution is -2.20. The van der Waals surface area contributed by atoms with E-state index >= 15 is 0 Å². The van der Waals surface area contributed by atoms with Crippen LogP contribution in [0.15, 0.2) is 12.1 Å². The minimum absolute atomic E-state index is 0.461. The fourth-order valence-corrected chi connectivity index (χ4v) is 0.855. The number of hydrogen-bond donors (Lipinski definition) is 2. The van der Waals surface area contributed by atoms with Gasteiger partial charge >= 0.3 is 0 Å². The summed E-state index contributed by atoms with van der Waals surface area (Å²) < 4.78 is 0. The lowest BCUT2D eigenvalue weighted by Gasteiger charge is -2.09. The van der Waals surface area contributed by atoms with Crippen molar-refractivity contribution in [2.75, 3.05) is 18.4 Å². The Balaban J connectivity index is 2.41. The molecule has 0 aliphatic carbocycles. The van der Waals surface area contributed by atoms with Crippen LogP contribution in [0.1, 0.15) is 12.6 Å². The van der Waals surface area contributed by atoms with Gasteiger partial charge in [0.15, 0.2) is 0 Å². The second-order valence-electron chi connectivity index (χ2n) is 3.28. The third-order valence-electron chi connectivity index (χ3n) is 1.83. The molecule has 0 saturated heterocycles. The van der Waals surface area contributed by atoms with Crippen LogP contribution in [0, 0.1) is 12.8 Å². The van der Waals surface area contributed by atoms with Crippen molar-refractivity contribution in [1.82, 2.24) is 10.2 Å². The molecule has 4 nitrogen and oxygen atoms in total. The van der Waals surface area contributed by atoms with Gasteiger partial charge in [-0.3, -0.25) is 0 Å². The van der Waals surface area contributed by atoms with Gasteiger partial charge < -0.3 is 11.1 Å². The number of nitrogens with zero attached hydrogens (tertiary/aromatic N) is 2. The minimum atomic E-state index is 0.461. The average Bonchev–Trinajstić information content (AvgIpc) is 2.16. The van der Waals surface area contributed by atoms with Gasteiger partial charge in [-0.15, -0.1) is 5.10 Å². The molecule has 0 aliphatic heterocycles. The van der Waals surface area contributed by atoms with Gasteiger partial charge in [0.25, 0.3) is 0 Å². The van der Waals surface area contributed by atoms with E-state index in [0.717, 1.165) is 18.1 Å². The van der Waals surface area contributed by atoms with Crippen molar-refractivity contribution >= 4 is 5.82 Å². The molecule has 13 heavy (non-hydrogen) atoms. The molecule has 1 aromatic rings. The first-order valence-electron chi connectivity index (χ1n) is 4.46. The molecule has 1 rings (SSSR count). The molecular weight excluding hydrogens is 164 g/mol. The molecule has 0 amide bonds. The molecule has 0 radical (unpaired) electrons. The van der Waals surface area contributed by atoms with Gasteiger partial charge in [0.05, 0.1) is 5.69 Å². The van der Waals surface area contributed by atoms with Gasteiger partial charge in [0.2, 0.25) is 0 Å². The highest BCUT2D eigenvalue weighted by Gasteiger charge is 1.99. The second-order valence-corrected chi connectivity index (χ2v) is 3.28. The fraction of sp³-hybridized carbons (Fsp3) is 0.556. The first-order valence-corrected chi connectivity index (χ1v) is 4.46. The van der Waals surface area contributed by atoms with E-state index in [1.165, 1.54) is 0 Å². The van der Waals surface area contributed by atoms with Crippen molar-refractivity contribution in [3.05, 3.63) is 17.8 Å². The summed E-state index contributed by atoms with van der Waals surface area (Å²) in [7, 11) is 0. The molecule has 0 aromatic carbocycles. The van der Waals surface area contributed by atoms with Crippen molar-refractivity contribution in [2.45, 2.75) is 13.8 Å². The summed E-state index contributed by atoms with van der Waals surface area (Å²) in [6.45, 7) is 5.54. The van der Waals surface area contributed by atoms with E-state index in [9.17, 15) is 0 Å². The molecule has 1 heterocycles. The van der Waals surface area contributed by atoms with Gasteiger partial charge in [-0.25, -0.2) is 0 Å². The number of anilines is 1. The molecule has 3 N–H and O–H groups in total. The maximum absolute atomic E-state index is 5.48. The lowest BCUT2D eigenvalue weighted by molar-refractivity contribution is 0.626. The second kappa shape index (κ2) is 4.77. The quantitative estimate of drug-likeness (QED) is 0.719. The molecule has 1 atom stereocenters. The zero-order valence-corrected chi connectivity index (χ0v) is 8.12. The highest BCUT2D eigenvalue weighted by atomic mass is 15.2. The smallest absolute Gasteiger partial charge is 0.148 e. The average molecular weight is 180 g/mol. The fourth-order valence-electron chi connectivity index (χ4n) is 0.855. The summed E-state index contributed by atoms with van der Waals surface area (Å²) in [5.41, 5.74) is 6.41. The van der Waals surface area contributed by atoms with Crippen molar-refractivity contribution in [1.29, 1.82) is 0 Å². The molecule has 4 heteroatoms. The highest BCUT2D eigenvalue weighted by Crippen LogP contribution is 2.02.